The van der Waals surface area contributed by atoms with Crippen LogP contribution in [0.1, 0.15) is 18.9 Å². The molecule has 2 heterocycles. The Kier molecular flexibility index (Phi) is 4.24. The molecule has 0 fully saturated rings. The summed E-state index contributed by atoms with van der Waals surface area (Å²) in [5, 5.41) is 1.47. The zero-order chi connectivity index (χ0) is 18.3. The summed E-state index contributed by atoms with van der Waals surface area (Å²) >= 11 is 0. The molecule has 0 aliphatic carbocycles. The van der Waals surface area contributed by atoms with E-state index in [1.807, 2.05) is 28.7 Å². The van der Waals surface area contributed by atoms with Crippen molar-refractivity contribution < 1.29 is 4.74 Å². The normalized spacial score (nSPS) is 12.0. The van der Waals surface area contributed by atoms with Gasteiger partial charge in [0.25, 0.3) is 0 Å². The van der Waals surface area contributed by atoms with Crippen molar-refractivity contribution in [3.63, 3.8) is 0 Å². The van der Waals surface area contributed by atoms with E-state index in [0.717, 1.165) is 53.4 Å². The van der Waals surface area contributed by atoms with Crippen molar-refractivity contribution in [3.05, 3.63) is 52.4 Å². The largest absolute Gasteiger partial charge is 0.497 e. The van der Waals surface area contributed by atoms with Gasteiger partial charge in [-0.1, -0.05) is 13.0 Å². The summed E-state index contributed by atoms with van der Waals surface area (Å²) in [6, 6.07) is 9.72. The molecule has 0 aliphatic rings. The number of benzene rings is 2. The number of hydrogen-bond donors (Lipinski definition) is 0. The number of fused-ring (bicyclic) bond motifs is 2. The van der Waals surface area contributed by atoms with Crippen LogP contribution in [0.4, 0.5) is 0 Å². The fraction of sp³-hybridized carbons (Fsp3) is 0.333. The fourth-order valence-corrected chi connectivity index (χ4v) is 3.66. The predicted molar refractivity (Wildman–Crippen MR) is 106 cm³/mol. The molecule has 0 aliphatic heterocycles. The second-order valence-electron chi connectivity index (χ2n) is 6.79. The van der Waals surface area contributed by atoms with Crippen LogP contribution in [0.25, 0.3) is 27.3 Å². The lowest BCUT2D eigenvalue weighted by atomic mass is 10.0. The van der Waals surface area contributed by atoms with Crippen LogP contribution in [0.5, 0.6) is 5.75 Å². The van der Waals surface area contributed by atoms with Crippen molar-refractivity contribution in [1.82, 2.24) is 14.3 Å². The molecular weight excluding hydrogens is 326 g/mol. The lowest BCUT2D eigenvalue weighted by Gasteiger charge is -2.14. The molecule has 2 aromatic carbocycles. The van der Waals surface area contributed by atoms with Gasteiger partial charge in [0.2, 0.25) is 0 Å². The number of pyridine rings is 1. The molecule has 0 spiro atoms. The first-order valence-electron chi connectivity index (χ1n) is 9.04. The fourth-order valence-electron chi connectivity index (χ4n) is 3.66. The van der Waals surface area contributed by atoms with E-state index in [1.54, 1.807) is 13.4 Å². The molecular formula is C21H23N3O2. The van der Waals surface area contributed by atoms with Gasteiger partial charge in [0.1, 0.15) is 12.1 Å². The zero-order valence-electron chi connectivity index (χ0n) is 15.5. The van der Waals surface area contributed by atoms with Gasteiger partial charge in [-0.2, -0.15) is 0 Å². The predicted octanol–water partition coefficient (Wildman–Crippen LogP) is 3.33. The first kappa shape index (κ1) is 16.8. The summed E-state index contributed by atoms with van der Waals surface area (Å²) in [5.74, 6) is 0.693. The first-order valence-corrected chi connectivity index (χ1v) is 9.04. The van der Waals surface area contributed by atoms with Gasteiger partial charge >= 0.3 is 0 Å². The quantitative estimate of drug-likeness (QED) is 0.501. The van der Waals surface area contributed by atoms with E-state index in [9.17, 15) is 4.79 Å². The Labute approximate surface area is 152 Å². The monoisotopic (exact) mass is 349 g/mol. The maximum absolute atomic E-state index is 13.3. The molecule has 0 saturated carbocycles. The van der Waals surface area contributed by atoms with E-state index in [0.29, 0.717) is 11.1 Å². The molecule has 0 bridgehead atoms. The van der Waals surface area contributed by atoms with Gasteiger partial charge in [0.05, 0.1) is 34.4 Å². The van der Waals surface area contributed by atoms with Crippen LogP contribution < -0.4 is 10.2 Å². The molecule has 4 aromatic rings. The van der Waals surface area contributed by atoms with E-state index < -0.39 is 0 Å². The van der Waals surface area contributed by atoms with Gasteiger partial charge in [0.15, 0.2) is 5.43 Å². The third kappa shape index (κ3) is 2.59. The van der Waals surface area contributed by atoms with Gasteiger partial charge in [-0.05, 0) is 62.8 Å². The van der Waals surface area contributed by atoms with Crippen molar-refractivity contribution in [2.45, 2.75) is 19.8 Å². The standard InChI is InChI=1S/C21H23N3O2/c1-4-23(2)11-5-6-14-7-9-17-20-19(14)21(25)16-12-15(26-3)8-10-18(16)24(20)13-22-17/h7-10,12-13H,4-6,11H2,1-3H3. The molecule has 26 heavy (non-hydrogen) atoms. The number of hydrogen-bond acceptors (Lipinski definition) is 4. The number of imidazole rings is 1. The van der Waals surface area contributed by atoms with Crippen molar-refractivity contribution >= 4 is 27.3 Å². The zero-order valence-corrected chi connectivity index (χ0v) is 15.5. The highest BCUT2D eigenvalue weighted by Crippen LogP contribution is 2.28. The molecule has 0 amide bonds. The van der Waals surface area contributed by atoms with Crippen molar-refractivity contribution in [2.24, 2.45) is 0 Å². The number of ether oxygens (including phenoxy) is 1. The molecule has 0 unspecified atom stereocenters. The van der Waals surface area contributed by atoms with Crippen LogP contribution in [-0.2, 0) is 6.42 Å². The number of rotatable bonds is 6. The third-order valence-electron chi connectivity index (χ3n) is 5.26. The van der Waals surface area contributed by atoms with Crippen LogP contribution in [-0.4, -0.2) is 41.5 Å². The Morgan fingerprint density at radius 1 is 1.23 bits per heavy atom. The highest BCUT2D eigenvalue weighted by Gasteiger charge is 2.16. The molecule has 0 N–H and O–H groups in total. The topological polar surface area (TPSA) is 46.8 Å². The Morgan fingerprint density at radius 3 is 2.85 bits per heavy atom. The lowest BCUT2D eigenvalue weighted by Crippen LogP contribution is -2.19. The molecule has 0 atom stereocenters. The average Bonchev–Trinajstić information content (AvgIpc) is 3.10. The lowest BCUT2D eigenvalue weighted by molar-refractivity contribution is 0.347. The van der Waals surface area contributed by atoms with E-state index in [2.05, 4.69) is 29.9 Å². The Morgan fingerprint density at radius 2 is 2.08 bits per heavy atom. The number of methoxy groups -OCH3 is 1. The van der Waals surface area contributed by atoms with E-state index in [4.69, 9.17) is 4.74 Å². The average molecular weight is 349 g/mol. The molecule has 0 radical (unpaired) electrons. The van der Waals surface area contributed by atoms with Gasteiger partial charge in [-0.3, -0.25) is 9.20 Å². The van der Waals surface area contributed by atoms with E-state index in [1.165, 1.54) is 0 Å². The molecule has 134 valence electrons. The summed E-state index contributed by atoms with van der Waals surface area (Å²) in [6.07, 6.45) is 3.71. The minimum Gasteiger partial charge on any atom is -0.497 e. The van der Waals surface area contributed by atoms with Gasteiger partial charge < -0.3 is 9.64 Å². The molecule has 4 rings (SSSR count). The van der Waals surface area contributed by atoms with E-state index >= 15 is 0 Å². The van der Waals surface area contributed by atoms with Crippen LogP contribution in [0, 0.1) is 0 Å². The minimum atomic E-state index is 0.0661. The minimum absolute atomic E-state index is 0.0661. The van der Waals surface area contributed by atoms with Crippen molar-refractivity contribution in [2.75, 3.05) is 27.2 Å². The third-order valence-corrected chi connectivity index (χ3v) is 5.26. The number of aromatic nitrogens is 2. The van der Waals surface area contributed by atoms with Crippen LogP contribution in [0.15, 0.2) is 41.5 Å². The highest BCUT2D eigenvalue weighted by molar-refractivity contribution is 6.03. The van der Waals surface area contributed by atoms with E-state index in [-0.39, 0.29) is 5.43 Å². The van der Waals surface area contributed by atoms with Gasteiger partial charge in [-0.15, -0.1) is 0 Å². The van der Waals surface area contributed by atoms with Crippen LogP contribution in [0.3, 0.4) is 0 Å². The van der Waals surface area contributed by atoms with Crippen LogP contribution >= 0.6 is 0 Å². The second kappa shape index (κ2) is 6.57. The molecule has 5 heteroatoms. The Bertz CT molecular complexity index is 1130. The maximum atomic E-state index is 13.3. The summed E-state index contributed by atoms with van der Waals surface area (Å²) < 4.78 is 7.35. The molecule has 5 nitrogen and oxygen atoms in total. The summed E-state index contributed by atoms with van der Waals surface area (Å²) in [6.45, 7) is 4.21. The molecule has 0 saturated heterocycles. The second-order valence-corrected chi connectivity index (χ2v) is 6.79. The van der Waals surface area contributed by atoms with Crippen LogP contribution in [0.2, 0.25) is 0 Å². The summed E-state index contributed by atoms with van der Waals surface area (Å²) in [7, 11) is 3.74. The summed E-state index contributed by atoms with van der Waals surface area (Å²) in [5.41, 5.74) is 3.82. The number of aryl methyl sites for hydroxylation is 1. The first-order chi connectivity index (χ1) is 12.6. The SMILES string of the molecule is CCN(C)CCCc1ccc2ncn3c4ccc(OC)cc4c(=O)c1c23. The number of nitrogens with zero attached hydrogens (tertiary/aromatic N) is 3. The Balaban J connectivity index is 1.93. The highest BCUT2D eigenvalue weighted by atomic mass is 16.5. The van der Waals surface area contributed by atoms with Gasteiger partial charge in [0, 0.05) is 0 Å². The smallest absolute Gasteiger partial charge is 0.197 e. The van der Waals surface area contributed by atoms with Crippen molar-refractivity contribution in [3.8, 4) is 5.75 Å². The van der Waals surface area contributed by atoms with Crippen molar-refractivity contribution in [1.29, 1.82) is 0 Å². The summed E-state index contributed by atoms with van der Waals surface area (Å²) in [4.78, 5) is 20.1. The molecule has 2 aromatic heterocycles. The maximum Gasteiger partial charge on any atom is 0.197 e. The van der Waals surface area contributed by atoms with Gasteiger partial charge in [-0.25, -0.2) is 4.98 Å². The Hall–Kier alpha value is -2.66.